The average Bonchev–Trinajstić information content (AvgIpc) is 2.32. The van der Waals surface area contributed by atoms with Crippen LogP contribution in [0.4, 0.5) is 4.39 Å². The fourth-order valence-corrected chi connectivity index (χ4v) is 2.57. The van der Waals surface area contributed by atoms with Gasteiger partial charge < -0.3 is 5.11 Å². The lowest BCUT2D eigenvalue weighted by molar-refractivity contribution is 0.0692. The van der Waals surface area contributed by atoms with Gasteiger partial charge in [-0.25, -0.2) is 9.18 Å². The molecule has 18 heavy (non-hydrogen) atoms. The van der Waals surface area contributed by atoms with E-state index in [1.165, 1.54) is 23.9 Å². The van der Waals surface area contributed by atoms with Gasteiger partial charge in [0.15, 0.2) is 0 Å². The van der Waals surface area contributed by atoms with E-state index in [4.69, 9.17) is 5.11 Å². The molecule has 2 aromatic rings. The van der Waals surface area contributed by atoms with Crippen LogP contribution in [-0.2, 0) is 0 Å². The number of hydrogen-bond donors (Lipinski definition) is 1. The van der Waals surface area contributed by atoms with Crippen molar-refractivity contribution in [1.82, 2.24) is 0 Å². The van der Waals surface area contributed by atoms with Crippen LogP contribution in [0.2, 0.25) is 0 Å². The Morgan fingerprint density at radius 3 is 2.28 bits per heavy atom. The summed E-state index contributed by atoms with van der Waals surface area (Å²) in [6.45, 7) is 0. The Balaban J connectivity index is 2.22. The lowest BCUT2D eigenvalue weighted by atomic mass is 10.2. The summed E-state index contributed by atoms with van der Waals surface area (Å²) in [6, 6.07) is 11.9. The van der Waals surface area contributed by atoms with Crippen molar-refractivity contribution in [2.75, 3.05) is 0 Å². The number of carboxylic acid groups (broad SMARTS) is 1. The molecule has 0 radical (unpaired) electrons. The fraction of sp³-hybridized carbons (Fsp3) is 0. The number of halogens is 2. The predicted octanol–water partition coefficient (Wildman–Crippen LogP) is 4.28. The second kappa shape index (κ2) is 5.71. The molecular weight excluding hydrogens is 366 g/mol. The topological polar surface area (TPSA) is 37.3 Å². The Morgan fingerprint density at radius 2 is 1.72 bits per heavy atom. The Kier molecular flexibility index (Phi) is 4.23. The van der Waals surface area contributed by atoms with Crippen LogP contribution in [0.3, 0.4) is 0 Å². The van der Waals surface area contributed by atoms with E-state index in [1.807, 2.05) is 24.3 Å². The lowest BCUT2D eigenvalue weighted by Crippen LogP contribution is -1.99. The highest BCUT2D eigenvalue weighted by molar-refractivity contribution is 14.1. The number of benzene rings is 2. The molecule has 0 fully saturated rings. The summed E-state index contributed by atoms with van der Waals surface area (Å²) in [4.78, 5) is 12.3. The zero-order valence-corrected chi connectivity index (χ0v) is 12.0. The van der Waals surface area contributed by atoms with Gasteiger partial charge >= 0.3 is 5.97 Å². The Morgan fingerprint density at radius 1 is 1.11 bits per heavy atom. The fourth-order valence-electron chi connectivity index (χ4n) is 1.37. The molecule has 1 N–H and O–H groups in total. The van der Waals surface area contributed by atoms with Crippen LogP contribution in [0.1, 0.15) is 10.4 Å². The minimum Gasteiger partial charge on any atom is -0.478 e. The maximum absolute atomic E-state index is 13.5. The Labute approximate surface area is 121 Å². The van der Waals surface area contributed by atoms with Gasteiger partial charge in [-0.1, -0.05) is 11.8 Å². The quantitative estimate of drug-likeness (QED) is 0.815. The Bertz CT molecular complexity index is 584. The van der Waals surface area contributed by atoms with Crippen molar-refractivity contribution in [2.45, 2.75) is 9.79 Å². The van der Waals surface area contributed by atoms with E-state index in [9.17, 15) is 9.18 Å². The van der Waals surface area contributed by atoms with Gasteiger partial charge in [-0.2, -0.15) is 0 Å². The third-order valence-electron chi connectivity index (χ3n) is 2.22. The standard InChI is InChI=1S/C13H8FIO2S/c14-12-7-10(5-6-11(12)13(16)17)18-9-3-1-8(15)2-4-9/h1-7H,(H,16,17). The van der Waals surface area contributed by atoms with Crippen molar-refractivity contribution >= 4 is 40.3 Å². The van der Waals surface area contributed by atoms with Gasteiger partial charge in [0, 0.05) is 13.4 Å². The molecule has 92 valence electrons. The third kappa shape index (κ3) is 3.23. The molecule has 0 atom stereocenters. The summed E-state index contributed by atoms with van der Waals surface area (Å²) >= 11 is 3.60. The molecule has 0 aliphatic rings. The van der Waals surface area contributed by atoms with Crippen molar-refractivity contribution in [1.29, 1.82) is 0 Å². The van der Waals surface area contributed by atoms with E-state index in [-0.39, 0.29) is 5.56 Å². The lowest BCUT2D eigenvalue weighted by Gasteiger charge is -2.03. The highest BCUT2D eigenvalue weighted by Gasteiger charge is 2.10. The molecule has 5 heteroatoms. The summed E-state index contributed by atoms with van der Waals surface area (Å²) in [5, 5.41) is 8.73. The van der Waals surface area contributed by atoms with Crippen LogP contribution in [-0.4, -0.2) is 11.1 Å². The average molecular weight is 374 g/mol. The van der Waals surface area contributed by atoms with Crippen LogP contribution in [0, 0.1) is 9.39 Å². The van der Waals surface area contributed by atoms with E-state index in [0.717, 1.165) is 8.47 Å². The first-order valence-corrected chi connectivity index (χ1v) is 6.92. The molecule has 0 aliphatic carbocycles. The summed E-state index contributed by atoms with van der Waals surface area (Å²) in [5.41, 5.74) is -0.304. The highest BCUT2D eigenvalue weighted by atomic mass is 127. The molecule has 0 bridgehead atoms. The van der Waals surface area contributed by atoms with Crippen LogP contribution in [0.25, 0.3) is 0 Å². The number of carboxylic acids is 1. The first kappa shape index (κ1) is 13.4. The van der Waals surface area contributed by atoms with E-state index in [2.05, 4.69) is 22.6 Å². The van der Waals surface area contributed by atoms with Gasteiger partial charge in [-0.05, 0) is 65.1 Å². The molecule has 0 saturated heterocycles. The maximum Gasteiger partial charge on any atom is 0.338 e. The van der Waals surface area contributed by atoms with Crippen LogP contribution in [0.5, 0.6) is 0 Å². The van der Waals surface area contributed by atoms with Gasteiger partial charge in [0.25, 0.3) is 0 Å². The summed E-state index contributed by atoms with van der Waals surface area (Å²) in [6.07, 6.45) is 0. The maximum atomic E-state index is 13.5. The second-order valence-corrected chi connectivity index (χ2v) is 5.90. The smallest absolute Gasteiger partial charge is 0.338 e. The number of aromatic carboxylic acids is 1. The molecule has 0 aromatic heterocycles. The Hall–Kier alpha value is -1.08. The van der Waals surface area contributed by atoms with Gasteiger partial charge in [-0.15, -0.1) is 0 Å². The zero-order chi connectivity index (χ0) is 13.1. The first-order valence-electron chi connectivity index (χ1n) is 5.02. The molecule has 0 amide bonds. The molecule has 2 aromatic carbocycles. The number of rotatable bonds is 3. The minimum atomic E-state index is -1.25. The van der Waals surface area contributed by atoms with Crippen molar-refractivity contribution in [3.63, 3.8) is 0 Å². The molecule has 2 rings (SSSR count). The third-order valence-corrected chi connectivity index (χ3v) is 3.94. The van der Waals surface area contributed by atoms with E-state index < -0.39 is 11.8 Å². The van der Waals surface area contributed by atoms with Crippen LogP contribution >= 0.6 is 34.4 Å². The van der Waals surface area contributed by atoms with E-state index in [1.54, 1.807) is 6.07 Å². The van der Waals surface area contributed by atoms with E-state index in [0.29, 0.717) is 4.90 Å². The van der Waals surface area contributed by atoms with Crippen molar-refractivity contribution < 1.29 is 14.3 Å². The summed E-state index contributed by atoms with van der Waals surface area (Å²) in [5.74, 6) is -1.96. The van der Waals surface area contributed by atoms with Crippen molar-refractivity contribution in [2.24, 2.45) is 0 Å². The highest BCUT2D eigenvalue weighted by Crippen LogP contribution is 2.29. The molecule has 2 nitrogen and oxygen atoms in total. The van der Waals surface area contributed by atoms with Gasteiger partial charge in [0.2, 0.25) is 0 Å². The van der Waals surface area contributed by atoms with Crippen molar-refractivity contribution in [3.8, 4) is 0 Å². The minimum absolute atomic E-state index is 0.304. The monoisotopic (exact) mass is 374 g/mol. The summed E-state index contributed by atoms with van der Waals surface area (Å²) < 4.78 is 14.6. The molecule has 0 unspecified atom stereocenters. The molecule has 0 saturated carbocycles. The molecular formula is C13H8FIO2S. The molecule has 0 aliphatic heterocycles. The normalized spacial score (nSPS) is 10.3. The van der Waals surface area contributed by atoms with E-state index >= 15 is 0 Å². The number of hydrogen-bond acceptors (Lipinski definition) is 2. The van der Waals surface area contributed by atoms with Gasteiger partial charge in [0.05, 0.1) is 5.56 Å². The van der Waals surface area contributed by atoms with Crippen LogP contribution in [0.15, 0.2) is 52.3 Å². The SMILES string of the molecule is O=C(O)c1ccc(Sc2ccc(I)cc2)cc1F. The second-order valence-electron chi connectivity index (χ2n) is 3.50. The largest absolute Gasteiger partial charge is 0.478 e. The van der Waals surface area contributed by atoms with Gasteiger partial charge in [-0.3, -0.25) is 0 Å². The van der Waals surface area contributed by atoms with Crippen molar-refractivity contribution in [3.05, 3.63) is 57.4 Å². The van der Waals surface area contributed by atoms with Gasteiger partial charge in [0.1, 0.15) is 5.82 Å². The zero-order valence-electron chi connectivity index (χ0n) is 9.06. The predicted molar refractivity (Wildman–Crippen MR) is 76.6 cm³/mol. The number of carbonyl (C=O) groups is 1. The molecule has 0 heterocycles. The first-order chi connectivity index (χ1) is 8.56. The van der Waals surface area contributed by atoms with Crippen LogP contribution < -0.4 is 0 Å². The summed E-state index contributed by atoms with van der Waals surface area (Å²) in [7, 11) is 0. The molecule has 0 spiro atoms.